The van der Waals surface area contributed by atoms with E-state index in [0.717, 1.165) is 33.9 Å². The van der Waals surface area contributed by atoms with Gasteiger partial charge in [-0.05, 0) is 51.9 Å². The van der Waals surface area contributed by atoms with Crippen LogP contribution in [-0.4, -0.2) is 33.6 Å². The molecule has 21 heavy (non-hydrogen) atoms. The Hall–Kier alpha value is -0.580. The molecule has 114 valence electrons. The highest BCUT2D eigenvalue weighted by Gasteiger charge is 2.30. The third-order valence-corrected chi connectivity index (χ3v) is 5.05. The van der Waals surface area contributed by atoms with Crippen LogP contribution in [0.15, 0.2) is 22.7 Å². The number of hydrogen-bond acceptors (Lipinski definition) is 2. The molecule has 1 aromatic heterocycles. The molecule has 0 spiro atoms. The molecule has 1 heterocycles. The fourth-order valence-corrected chi connectivity index (χ4v) is 3.37. The van der Waals surface area contributed by atoms with Crippen molar-refractivity contribution in [2.75, 3.05) is 7.05 Å². The van der Waals surface area contributed by atoms with Gasteiger partial charge in [0.25, 0.3) is 0 Å². The molecule has 1 saturated carbocycles. The summed E-state index contributed by atoms with van der Waals surface area (Å²) in [6, 6.07) is 7.50. The van der Waals surface area contributed by atoms with Crippen LogP contribution in [0.4, 0.5) is 0 Å². The second kappa shape index (κ2) is 5.90. The molecule has 2 atom stereocenters. The van der Waals surface area contributed by atoms with Crippen LogP contribution < -0.4 is 0 Å². The number of aromatic nitrogens is 2. The van der Waals surface area contributed by atoms with Crippen LogP contribution in [0.5, 0.6) is 0 Å². The Kier molecular flexibility index (Phi) is 4.30. The Morgan fingerprint density at radius 1 is 1.43 bits per heavy atom. The molecule has 1 aliphatic rings. The Morgan fingerprint density at radius 2 is 2.14 bits per heavy atom. The summed E-state index contributed by atoms with van der Waals surface area (Å²) in [6.07, 6.45) is 2.66. The lowest BCUT2D eigenvalue weighted by atomic mass is 10.2. The fourth-order valence-electron chi connectivity index (χ4n) is 2.85. The minimum Gasteiger partial charge on any atom is -0.325 e. The average Bonchev–Trinajstić information content (AvgIpc) is 3.21. The van der Waals surface area contributed by atoms with Crippen LogP contribution in [-0.2, 0) is 6.54 Å². The van der Waals surface area contributed by atoms with Gasteiger partial charge in [0.2, 0.25) is 0 Å². The van der Waals surface area contributed by atoms with E-state index in [9.17, 15) is 0 Å². The van der Waals surface area contributed by atoms with E-state index in [-0.39, 0.29) is 5.38 Å². The molecular weight excluding hydrogens is 350 g/mol. The predicted octanol–water partition coefficient (Wildman–Crippen LogP) is 4.58. The summed E-state index contributed by atoms with van der Waals surface area (Å²) < 4.78 is 3.33. The van der Waals surface area contributed by atoms with Crippen molar-refractivity contribution in [2.24, 2.45) is 0 Å². The van der Waals surface area contributed by atoms with Crippen LogP contribution in [0.3, 0.4) is 0 Å². The summed E-state index contributed by atoms with van der Waals surface area (Å²) in [4.78, 5) is 7.21. The van der Waals surface area contributed by atoms with E-state index in [4.69, 9.17) is 16.6 Å². The van der Waals surface area contributed by atoms with E-state index in [2.05, 4.69) is 57.6 Å². The van der Waals surface area contributed by atoms with Crippen molar-refractivity contribution in [3.05, 3.63) is 28.5 Å². The Labute approximate surface area is 139 Å². The standard InChI is InChI=1S/C16H21BrClN3/c1-10(20(3)13-5-6-13)9-21-15-7-4-12(17)8-14(15)19-16(21)11(2)18/h4,7-8,10-11,13H,5-6,9H2,1-3H3. The molecule has 2 aromatic rings. The first kappa shape index (κ1) is 15.3. The number of rotatable bonds is 5. The highest BCUT2D eigenvalue weighted by molar-refractivity contribution is 9.10. The second-order valence-electron chi connectivity index (χ2n) is 6.08. The van der Waals surface area contributed by atoms with Crippen molar-refractivity contribution < 1.29 is 0 Å². The van der Waals surface area contributed by atoms with Crippen molar-refractivity contribution in [1.82, 2.24) is 14.5 Å². The number of benzene rings is 1. The molecular formula is C16H21BrClN3. The number of imidazole rings is 1. The van der Waals surface area contributed by atoms with Crippen molar-refractivity contribution in [3.63, 3.8) is 0 Å². The average molecular weight is 371 g/mol. The van der Waals surface area contributed by atoms with Crippen molar-refractivity contribution in [3.8, 4) is 0 Å². The maximum atomic E-state index is 6.35. The van der Waals surface area contributed by atoms with Gasteiger partial charge in [0.05, 0.1) is 16.4 Å². The maximum Gasteiger partial charge on any atom is 0.127 e. The normalized spacial score (nSPS) is 18.4. The predicted molar refractivity (Wildman–Crippen MR) is 91.9 cm³/mol. The molecule has 0 amide bonds. The third kappa shape index (κ3) is 3.13. The third-order valence-electron chi connectivity index (χ3n) is 4.36. The van der Waals surface area contributed by atoms with Gasteiger partial charge in [-0.25, -0.2) is 4.98 Å². The van der Waals surface area contributed by atoms with E-state index in [1.165, 1.54) is 12.8 Å². The van der Waals surface area contributed by atoms with Crippen molar-refractivity contribution >= 4 is 38.6 Å². The number of nitrogens with zero attached hydrogens (tertiary/aromatic N) is 3. The number of alkyl halides is 1. The Balaban J connectivity index is 1.96. The first-order valence-corrected chi connectivity index (χ1v) is 8.72. The molecule has 1 aliphatic carbocycles. The lowest BCUT2D eigenvalue weighted by Crippen LogP contribution is -2.34. The van der Waals surface area contributed by atoms with Gasteiger partial charge >= 0.3 is 0 Å². The largest absolute Gasteiger partial charge is 0.325 e. The molecule has 1 aromatic carbocycles. The van der Waals surface area contributed by atoms with Gasteiger partial charge in [-0.2, -0.15) is 0 Å². The molecule has 0 bridgehead atoms. The highest BCUT2D eigenvalue weighted by atomic mass is 79.9. The summed E-state index contributed by atoms with van der Waals surface area (Å²) >= 11 is 9.86. The summed E-state index contributed by atoms with van der Waals surface area (Å²) in [5.74, 6) is 0.959. The monoisotopic (exact) mass is 369 g/mol. The van der Waals surface area contributed by atoms with Crippen LogP contribution in [0.2, 0.25) is 0 Å². The minimum absolute atomic E-state index is 0.0883. The van der Waals surface area contributed by atoms with Gasteiger partial charge in [-0.15, -0.1) is 11.6 Å². The van der Waals surface area contributed by atoms with Gasteiger partial charge in [0, 0.05) is 23.1 Å². The molecule has 3 nitrogen and oxygen atoms in total. The lowest BCUT2D eigenvalue weighted by Gasteiger charge is -2.26. The Morgan fingerprint density at radius 3 is 2.76 bits per heavy atom. The number of fused-ring (bicyclic) bond motifs is 1. The van der Waals surface area contributed by atoms with E-state index in [1.54, 1.807) is 0 Å². The first-order chi connectivity index (χ1) is 9.97. The fraction of sp³-hybridized carbons (Fsp3) is 0.562. The molecule has 5 heteroatoms. The maximum absolute atomic E-state index is 6.35. The highest BCUT2D eigenvalue weighted by Crippen LogP contribution is 2.30. The lowest BCUT2D eigenvalue weighted by molar-refractivity contribution is 0.226. The number of hydrogen-bond donors (Lipinski definition) is 0. The van der Waals surface area contributed by atoms with Gasteiger partial charge in [0.1, 0.15) is 5.82 Å². The molecule has 3 rings (SSSR count). The topological polar surface area (TPSA) is 21.1 Å². The zero-order valence-electron chi connectivity index (χ0n) is 12.7. The van der Waals surface area contributed by atoms with Crippen LogP contribution in [0.25, 0.3) is 11.0 Å². The minimum atomic E-state index is -0.0883. The first-order valence-electron chi connectivity index (χ1n) is 7.49. The molecule has 0 N–H and O–H groups in total. The molecule has 2 unspecified atom stereocenters. The van der Waals surface area contributed by atoms with Crippen LogP contribution in [0.1, 0.15) is 37.9 Å². The molecule has 0 radical (unpaired) electrons. The Bertz CT molecular complexity index is 648. The second-order valence-corrected chi connectivity index (χ2v) is 7.65. The van der Waals surface area contributed by atoms with E-state index in [0.29, 0.717) is 6.04 Å². The van der Waals surface area contributed by atoms with E-state index >= 15 is 0 Å². The van der Waals surface area contributed by atoms with Crippen LogP contribution >= 0.6 is 27.5 Å². The van der Waals surface area contributed by atoms with Gasteiger partial charge in [-0.3, -0.25) is 4.90 Å². The summed E-state index contributed by atoms with van der Waals surface area (Å²) in [5, 5.41) is -0.0883. The summed E-state index contributed by atoms with van der Waals surface area (Å²) in [5.41, 5.74) is 2.17. The van der Waals surface area contributed by atoms with Gasteiger partial charge in [0.15, 0.2) is 0 Å². The van der Waals surface area contributed by atoms with E-state index < -0.39 is 0 Å². The molecule has 0 saturated heterocycles. The van der Waals surface area contributed by atoms with Crippen LogP contribution in [0, 0.1) is 0 Å². The number of halogens is 2. The summed E-state index contributed by atoms with van der Waals surface area (Å²) in [7, 11) is 2.22. The SMILES string of the molecule is CC(Cl)c1nc2cc(Br)ccc2n1CC(C)N(C)C1CC1. The number of likely N-dealkylation sites (N-methyl/N-ethyl adjacent to an activating group) is 1. The molecule has 0 aliphatic heterocycles. The zero-order chi connectivity index (χ0) is 15.1. The molecule has 1 fully saturated rings. The smallest absolute Gasteiger partial charge is 0.127 e. The van der Waals surface area contributed by atoms with Crippen molar-refractivity contribution in [2.45, 2.75) is 50.7 Å². The summed E-state index contributed by atoms with van der Waals surface area (Å²) in [6.45, 7) is 5.20. The van der Waals surface area contributed by atoms with E-state index in [1.807, 2.05) is 6.92 Å². The van der Waals surface area contributed by atoms with Crippen molar-refractivity contribution in [1.29, 1.82) is 0 Å². The quantitative estimate of drug-likeness (QED) is 0.718. The van der Waals surface area contributed by atoms with Gasteiger partial charge in [-0.1, -0.05) is 15.9 Å². The van der Waals surface area contributed by atoms with Gasteiger partial charge < -0.3 is 4.57 Å². The zero-order valence-corrected chi connectivity index (χ0v) is 15.0.